The molecule has 0 saturated carbocycles. The zero-order valence-electron chi connectivity index (χ0n) is 8.74. The van der Waals surface area contributed by atoms with Gasteiger partial charge in [-0.15, -0.1) is 0 Å². The number of aryl methyl sites for hydroxylation is 1. The SMILES string of the molecule is CCc1ccc(C2CCCN2N)cc1. The van der Waals surface area contributed by atoms with Crippen molar-refractivity contribution < 1.29 is 0 Å². The van der Waals surface area contributed by atoms with Crippen LogP contribution >= 0.6 is 0 Å². The first-order valence-electron chi connectivity index (χ1n) is 5.41. The monoisotopic (exact) mass is 190 g/mol. The Morgan fingerprint density at radius 2 is 2.07 bits per heavy atom. The topological polar surface area (TPSA) is 29.3 Å². The number of rotatable bonds is 2. The van der Waals surface area contributed by atoms with Crippen LogP contribution in [0.4, 0.5) is 0 Å². The van der Waals surface area contributed by atoms with E-state index in [1.807, 2.05) is 5.01 Å². The summed E-state index contributed by atoms with van der Waals surface area (Å²) in [6.07, 6.45) is 3.52. The van der Waals surface area contributed by atoms with E-state index in [1.165, 1.54) is 24.0 Å². The molecule has 2 heteroatoms. The average molecular weight is 190 g/mol. The predicted octanol–water partition coefficient (Wildman–Crippen LogP) is 2.26. The Kier molecular flexibility index (Phi) is 2.85. The third-order valence-corrected chi connectivity index (χ3v) is 3.07. The second-order valence-corrected chi connectivity index (χ2v) is 3.99. The van der Waals surface area contributed by atoms with Crippen molar-refractivity contribution in [3.8, 4) is 0 Å². The van der Waals surface area contributed by atoms with Crippen LogP contribution < -0.4 is 5.84 Å². The Morgan fingerprint density at radius 3 is 2.57 bits per heavy atom. The number of hydrazine groups is 1. The Balaban J connectivity index is 2.16. The van der Waals surface area contributed by atoms with Gasteiger partial charge in [0.1, 0.15) is 0 Å². The van der Waals surface area contributed by atoms with Gasteiger partial charge < -0.3 is 0 Å². The van der Waals surface area contributed by atoms with Gasteiger partial charge in [-0.05, 0) is 30.4 Å². The molecule has 1 aromatic carbocycles. The first-order chi connectivity index (χ1) is 6.81. The van der Waals surface area contributed by atoms with E-state index < -0.39 is 0 Å². The van der Waals surface area contributed by atoms with Crippen molar-refractivity contribution in [2.24, 2.45) is 5.84 Å². The van der Waals surface area contributed by atoms with E-state index in [-0.39, 0.29) is 0 Å². The van der Waals surface area contributed by atoms with Crippen molar-refractivity contribution >= 4 is 0 Å². The summed E-state index contributed by atoms with van der Waals surface area (Å²) >= 11 is 0. The summed E-state index contributed by atoms with van der Waals surface area (Å²) in [4.78, 5) is 0. The molecule has 2 nitrogen and oxygen atoms in total. The van der Waals surface area contributed by atoms with Crippen LogP contribution in [0.5, 0.6) is 0 Å². The van der Waals surface area contributed by atoms with Gasteiger partial charge in [0.05, 0.1) is 0 Å². The Labute approximate surface area is 85.7 Å². The fourth-order valence-electron chi connectivity index (χ4n) is 2.12. The van der Waals surface area contributed by atoms with Gasteiger partial charge >= 0.3 is 0 Å². The van der Waals surface area contributed by atoms with Gasteiger partial charge in [0, 0.05) is 12.6 Å². The molecule has 1 aliphatic heterocycles. The van der Waals surface area contributed by atoms with E-state index in [0.717, 1.165) is 13.0 Å². The van der Waals surface area contributed by atoms with Crippen LogP contribution in [-0.2, 0) is 6.42 Å². The Bertz CT molecular complexity index is 292. The molecule has 1 saturated heterocycles. The number of hydrogen-bond donors (Lipinski definition) is 1. The highest BCUT2D eigenvalue weighted by Crippen LogP contribution is 2.28. The van der Waals surface area contributed by atoms with Crippen molar-refractivity contribution in [2.45, 2.75) is 32.2 Å². The second kappa shape index (κ2) is 4.11. The van der Waals surface area contributed by atoms with Crippen LogP contribution in [0, 0.1) is 0 Å². The molecule has 1 heterocycles. The highest BCUT2D eigenvalue weighted by atomic mass is 15.4. The molecule has 76 valence electrons. The smallest absolute Gasteiger partial charge is 0.0491 e. The number of nitrogens with two attached hydrogens (primary N) is 1. The molecule has 0 spiro atoms. The summed E-state index contributed by atoms with van der Waals surface area (Å²) in [5.74, 6) is 5.91. The van der Waals surface area contributed by atoms with Crippen molar-refractivity contribution in [1.82, 2.24) is 5.01 Å². The minimum absolute atomic E-state index is 0.445. The number of benzene rings is 1. The molecule has 0 aromatic heterocycles. The average Bonchev–Trinajstić information content (AvgIpc) is 2.65. The standard InChI is InChI=1S/C12H18N2/c1-2-10-5-7-11(8-6-10)12-4-3-9-14(12)13/h5-8,12H,2-4,9,13H2,1H3. The lowest BCUT2D eigenvalue weighted by atomic mass is 10.0. The molecule has 1 atom stereocenters. The van der Waals surface area contributed by atoms with Crippen molar-refractivity contribution in [2.75, 3.05) is 6.54 Å². The normalized spacial score (nSPS) is 22.9. The fraction of sp³-hybridized carbons (Fsp3) is 0.500. The van der Waals surface area contributed by atoms with Crippen LogP contribution in [0.2, 0.25) is 0 Å². The van der Waals surface area contributed by atoms with E-state index in [0.29, 0.717) is 6.04 Å². The van der Waals surface area contributed by atoms with Gasteiger partial charge in [-0.1, -0.05) is 31.2 Å². The van der Waals surface area contributed by atoms with Crippen molar-refractivity contribution in [3.05, 3.63) is 35.4 Å². The maximum Gasteiger partial charge on any atom is 0.0491 e. The molecular formula is C12H18N2. The molecular weight excluding hydrogens is 172 g/mol. The second-order valence-electron chi connectivity index (χ2n) is 3.99. The van der Waals surface area contributed by atoms with Gasteiger partial charge in [-0.3, -0.25) is 5.84 Å². The molecule has 1 unspecified atom stereocenters. The first-order valence-corrected chi connectivity index (χ1v) is 5.41. The third kappa shape index (κ3) is 1.81. The summed E-state index contributed by atoms with van der Waals surface area (Å²) in [6, 6.07) is 9.30. The molecule has 1 fully saturated rings. The van der Waals surface area contributed by atoms with Gasteiger partial charge in [-0.25, -0.2) is 5.01 Å². The van der Waals surface area contributed by atoms with Gasteiger partial charge in [0.25, 0.3) is 0 Å². The van der Waals surface area contributed by atoms with Gasteiger partial charge in [-0.2, -0.15) is 0 Å². The highest BCUT2D eigenvalue weighted by molar-refractivity contribution is 5.25. The lowest BCUT2D eigenvalue weighted by Crippen LogP contribution is -2.30. The molecule has 0 amide bonds. The molecule has 0 radical (unpaired) electrons. The summed E-state index contributed by atoms with van der Waals surface area (Å²) in [5.41, 5.74) is 2.76. The molecule has 1 aliphatic rings. The van der Waals surface area contributed by atoms with Gasteiger partial charge in [0.15, 0.2) is 0 Å². The Morgan fingerprint density at radius 1 is 1.36 bits per heavy atom. The largest absolute Gasteiger partial charge is 0.268 e. The van der Waals surface area contributed by atoms with Crippen molar-refractivity contribution in [1.29, 1.82) is 0 Å². The molecule has 1 aromatic rings. The van der Waals surface area contributed by atoms with Crippen LogP contribution in [0.25, 0.3) is 0 Å². The van der Waals surface area contributed by atoms with Gasteiger partial charge in [0.2, 0.25) is 0 Å². The summed E-state index contributed by atoms with van der Waals surface area (Å²) in [5, 5.41) is 1.96. The maximum absolute atomic E-state index is 5.91. The highest BCUT2D eigenvalue weighted by Gasteiger charge is 2.22. The van der Waals surface area contributed by atoms with Crippen LogP contribution in [-0.4, -0.2) is 11.6 Å². The van der Waals surface area contributed by atoms with Crippen LogP contribution in [0.15, 0.2) is 24.3 Å². The van der Waals surface area contributed by atoms with E-state index in [1.54, 1.807) is 0 Å². The quantitative estimate of drug-likeness (QED) is 0.725. The van der Waals surface area contributed by atoms with E-state index in [4.69, 9.17) is 5.84 Å². The van der Waals surface area contributed by atoms with E-state index >= 15 is 0 Å². The maximum atomic E-state index is 5.91. The van der Waals surface area contributed by atoms with Crippen molar-refractivity contribution in [3.63, 3.8) is 0 Å². The molecule has 2 rings (SSSR count). The number of hydrogen-bond acceptors (Lipinski definition) is 2. The fourth-order valence-corrected chi connectivity index (χ4v) is 2.12. The lowest BCUT2D eigenvalue weighted by Gasteiger charge is -2.19. The summed E-state index contributed by atoms with van der Waals surface area (Å²) in [7, 11) is 0. The van der Waals surface area contributed by atoms with Crippen LogP contribution in [0.1, 0.15) is 36.9 Å². The van der Waals surface area contributed by atoms with E-state index in [2.05, 4.69) is 31.2 Å². The lowest BCUT2D eigenvalue weighted by molar-refractivity contribution is 0.266. The minimum atomic E-state index is 0.445. The third-order valence-electron chi connectivity index (χ3n) is 3.07. The molecule has 14 heavy (non-hydrogen) atoms. The van der Waals surface area contributed by atoms with Crippen LogP contribution in [0.3, 0.4) is 0 Å². The predicted molar refractivity (Wildman–Crippen MR) is 58.7 cm³/mol. The summed E-state index contributed by atoms with van der Waals surface area (Å²) in [6.45, 7) is 3.21. The molecule has 0 bridgehead atoms. The number of nitrogens with zero attached hydrogens (tertiary/aromatic N) is 1. The molecule has 2 N–H and O–H groups in total. The van der Waals surface area contributed by atoms with E-state index in [9.17, 15) is 0 Å². The molecule has 0 aliphatic carbocycles. The Hall–Kier alpha value is -0.860. The summed E-state index contributed by atoms with van der Waals surface area (Å²) < 4.78 is 0. The first kappa shape index (κ1) is 9.69. The zero-order chi connectivity index (χ0) is 9.97. The minimum Gasteiger partial charge on any atom is -0.268 e. The zero-order valence-corrected chi connectivity index (χ0v) is 8.74.